The largest absolute Gasteiger partial charge is 0.497 e. The van der Waals surface area contributed by atoms with E-state index in [1.54, 1.807) is 0 Å². The number of hydrogen-bond acceptors (Lipinski definition) is 5. The van der Waals surface area contributed by atoms with Crippen molar-refractivity contribution in [2.24, 2.45) is 0 Å². The average molecular weight is 437 g/mol. The van der Waals surface area contributed by atoms with Crippen LogP contribution < -0.4 is 15.0 Å². The summed E-state index contributed by atoms with van der Waals surface area (Å²) in [5, 5.41) is 2.90. The van der Waals surface area contributed by atoms with E-state index in [1.807, 2.05) is 18.2 Å². The normalized spacial score (nSPS) is 14.5. The van der Waals surface area contributed by atoms with Gasteiger partial charge in [-0.1, -0.05) is 18.2 Å². The summed E-state index contributed by atoms with van der Waals surface area (Å²) in [5.74, 6) is 0.181. The van der Waals surface area contributed by atoms with E-state index >= 15 is 0 Å². The molecule has 6 nitrogen and oxygen atoms in total. The molecule has 0 saturated carbocycles. The van der Waals surface area contributed by atoms with Crippen LogP contribution in [0.1, 0.15) is 30.4 Å². The van der Waals surface area contributed by atoms with Gasteiger partial charge in [0.2, 0.25) is 5.91 Å². The maximum Gasteiger partial charge on any atom is 0.261 e. The highest BCUT2D eigenvalue weighted by Gasteiger charge is 2.19. The lowest BCUT2D eigenvalue weighted by molar-refractivity contribution is -0.120. The number of nitrogens with zero attached hydrogens (tertiary/aromatic N) is 1. The summed E-state index contributed by atoms with van der Waals surface area (Å²) in [6, 6.07) is 12.4. The number of benzene rings is 2. The van der Waals surface area contributed by atoms with E-state index in [-0.39, 0.29) is 17.2 Å². The van der Waals surface area contributed by atoms with Crippen LogP contribution >= 0.6 is 10.7 Å². The molecule has 0 aromatic heterocycles. The zero-order valence-corrected chi connectivity index (χ0v) is 17.9. The molecule has 3 rings (SSSR count). The maximum absolute atomic E-state index is 12.5. The summed E-state index contributed by atoms with van der Waals surface area (Å²) in [6.45, 7) is 2.41. The molecule has 1 fully saturated rings. The topological polar surface area (TPSA) is 75.7 Å². The number of halogens is 1. The number of ether oxygens (including phenoxy) is 1. The molecule has 0 radical (unpaired) electrons. The van der Waals surface area contributed by atoms with Crippen molar-refractivity contribution in [3.63, 3.8) is 0 Å². The highest BCUT2D eigenvalue weighted by molar-refractivity contribution is 8.13. The van der Waals surface area contributed by atoms with Gasteiger partial charge < -0.3 is 15.0 Å². The van der Waals surface area contributed by atoms with Gasteiger partial charge >= 0.3 is 0 Å². The molecule has 1 heterocycles. The van der Waals surface area contributed by atoms with Gasteiger partial charge in [-0.3, -0.25) is 4.79 Å². The summed E-state index contributed by atoms with van der Waals surface area (Å²) in [5.41, 5.74) is 2.48. The second-order valence-corrected chi connectivity index (χ2v) is 9.58. The van der Waals surface area contributed by atoms with E-state index in [0.29, 0.717) is 17.9 Å². The van der Waals surface area contributed by atoms with Crippen LogP contribution in [-0.4, -0.2) is 34.5 Å². The Morgan fingerprint density at radius 3 is 2.52 bits per heavy atom. The van der Waals surface area contributed by atoms with Crippen molar-refractivity contribution in [2.45, 2.75) is 37.1 Å². The Kier molecular flexibility index (Phi) is 7.03. The monoisotopic (exact) mass is 436 g/mol. The second-order valence-electron chi connectivity index (χ2n) is 7.04. The molecule has 8 heteroatoms. The molecule has 1 N–H and O–H groups in total. The first-order valence-corrected chi connectivity index (χ1v) is 11.9. The van der Waals surface area contributed by atoms with E-state index in [9.17, 15) is 13.2 Å². The van der Waals surface area contributed by atoms with Crippen LogP contribution in [0.15, 0.2) is 47.4 Å². The predicted octanol–water partition coefficient (Wildman–Crippen LogP) is 3.47. The number of anilines is 1. The highest BCUT2D eigenvalue weighted by atomic mass is 35.7. The number of nitrogens with one attached hydrogen (secondary N) is 1. The van der Waals surface area contributed by atoms with Crippen molar-refractivity contribution in [3.05, 3.63) is 53.6 Å². The molecule has 1 aliphatic rings. The predicted molar refractivity (Wildman–Crippen MR) is 114 cm³/mol. The number of hydrogen-bond donors (Lipinski definition) is 1. The molecule has 0 unspecified atom stereocenters. The third-order valence-corrected chi connectivity index (χ3v) is 6.47. The van der Waals surface area contributed by atoms with Crippen LogP contribution in [0.2, 0.25) is 0 Å². The van der Waals surface area contributed by atoms with Crippen LogP contribution in [0.5, 0.6) is 5.75 Å². The van der Waals surface area contributed by atoms with E-state index in [1.165, 1.54) is 44.6 Å². The van der Waals surface area contributed by atoms with Gasteiger partial charge in [0.25, 0.3) is 9.05 Å². The Hall–Kier alpha value is -2.25. The van der Waals surface area contributed by atoms with Gasteiger partial charge in [0, 0.05) is 36.0 Å². The molecular weight excluding hydrogens is 412 g/mol. The molecule has 0 bridgehead atoms. The summed E-state index contributed by atoms with van der Waals surface area (Å²) >= 11 is 0. The lowest BCUT2D eigenvalue weighted by atomic mass is 10.1. The minimum Gasteiger partial charge on any atom is -0.497 e. The number of carbonyl (C=O) groups is 1. The zero-order valence-electron chi connectivity index (χ0n) is 16.4. The molecular formula is C21H25ClN2O4S. The molecule has 2 aromatic rings. The summed E-state index contributed by atoms with van der Waals surface area (Å²) in [7, 11) is 3.03. The third kappa shape index (κ3) is 5.64. The molecule has 156 valence electrons. The average Bonchev–Trinajstić information content (AvgIpc) is 2.72. The zero-order chi connectivity index (χ0) is 20.9. The van der Waals surface area contributed by atoms with Crippen molar-refractivity contribution >= 4 is 31.3 Å². The number of carbonyl (C=O) groups excluding carboxylic acids is 1. The van der Waals surface area contributed by atoms with Gasteiger partial charge in [0.1, 0.15) is 5.75 Å². The van der Waals surface area contributed by atoms with E-state index in [0.717, 1.165) is 24.3 Å². The van der Waals surface area contributed by atoms with Crippen molar-refractivity contribution in [2.75, 3.05) is 25.1 Å². The lowest BCUT2D eigenvalue weighted by Gasteiger charge is -2.30. The number of amides is 1. The molecule has 29 heavy (non-hydrogen) atoms. The fourth-order valence-corrected chi connectivity index (χ4v) is 4.72. The van der Waals surface area contributed by atoms with Crippen LogP contribution in [-0.2, 0) is 26.8 Å². The van der Waals surface area contributed by atoms with E-state index < -0.39 is 9.05 Å². The van der Waals surface area contributed by atoms with Crippen LogP contribution in [0, 0.1) is 0 Å². The Labute approximate surface area is 176 Å². The smallest absolute Gasteiger partial charge is 0.261 e. The fourth-order valence-electron chi connectivity index (χ4n) is 3.59. The standard InChI is InChI=1S/C21H25ClN2O4S/c1-28-18-9-10-20(29(22,26)27)17(13-18)14-21(25)23-15-16-7-3-4-8-19(16)24-11-5-2-6-12-24/h3-4,7-10,13H,2,5-6,11-12,14-15H2,1H3,(H,23,25). The fraction of sp³-hybridized carbons (Fsp3) is 0.381. The Balaban J connectivity index is 1.71. The second kappa shape index (κ2) is 9.50. The minimum absolute atomic E-state index is 0.0798. The minimum atomic E-state index is -3.96. The van der Waals surface area contributed by atoms with E-state index in [2.05, 4.69) is 16.3 Å². The number of piperidine rings is 1. The van der Waals surface area contributed by atoms with Gasteiger partial charge in [-0.2, -0.15) is 0 Å². The molecule has 0 aliphatic carbocycles. The van der Waals surface area contributed by atoms with Crippen molar-refractivity contribution in [1.82, 2.24) is 5.32 Å². The van der Waals surface area contributed by atoms with Gasteiger partial charge in [0.05, 0.1) is 18.4 Å². The van der Waals surface area contributed by atoms with Gasteiger partial charge in [-0.25, -0.2) is 8.42 Å². The first kappa shape index (κ1) is 21.5. The molecule has 2 aromatic carbocycles. The summed E-state index contributed by atoms with van der Waals surface area (Å²) in [6.07, 6.45) is 3.49. The van der Waals surface area contributed by atoms with Crippen LogP contribution in [0.25, 0.3) is 0 Å². The maximum atomic E-state index is 12.5. The van der Waals surface area contributed by atoms with Crippen molar-refractivity contribution in [3.8, 4) is 5.75 Å². The Bertz CT molecular complexity index is 972. The molecule has 1 amide bonds. The molecule has 0 atom stereocenters. The first-order chi connectivity index (χ1) is 13.9. The van der Waals surface area contributed by atoms with Crippen LogP contribution in [0.4, 0.5) is 5.69 Å². The first-order valence-electron chi connectivity index (χ1n) is 9.59. The van der Waals surface area contributed by atoms with Gasteiger partial charge in [-0.15, -0.1) is 0 Å². The van der Waals surface area contributed by atoms with Crippen LogP contribution in [0.3, 0.4) is 0 Å². The molecule has 1 aliphatic heterocycles. The van der Waals surface area contributed by atoms with Crippen molar-refractivity contribution < 1.29 is 17.9 Å². The van der Waals surface area contributed by atoms with E-state index in [4.69, 9.17) is 15.4 Å². The summed E-state index contributed by atoms with van der Waals surface area (Å²) in [4.78, 5) is 14.8. The summed E-state index contributed by atoms with van der Waals surface area (Å²) < 4.78 is 28.8. The number of methoxy groups -OCH3 is 1. The SMILES string of the molecule is COc1ccc(S(=O)(=O)Cl)c(CC(=O)NCc2ccccc2N2CCCCC2)c1. The Morgan fingerprint density at radius 1 is 1.10 bits per heavy atom. The quantitative estimate of drug-likeness (QED) is 0.672. The Morgan fingerprint density at radius 2 is 1.83 bits per heavy atom. The number of rotatable bonds is 7. The lowest BCUT2D eigenvalue weighted by Crippen LogP contribution is -2.31. The number of para-hydroxylation sites is 1. The molecule has 0 spiro atoms. The third-order valence-electron chi connectivity index (χ3n) is 5.05. The van der Waals surface area contributed by atoms with Gasteiger partial charge in [-0.05, 0) is 54.7 Å². The van der Waals surface area contributed by atoms with Crippen molar-refractivity contribution in [1.29, 1.82) is 0 Å². The highest BCUT2D eigenvalue weighted by Crippen LogP contribution is 2.26. The van der Waals surface area contributed by atoms with Gasteiger partial charge in [0.15, 0.2) is 0 Å². The molecule has 1 saturated heterocycles.